The lowest BCUT2D eigenvalue weighted by atomic mass is 10.0. The molecule has 0 N–H and O–H groups in total. The van der Waals surface area contributed by atoms with Crippen molar-refractivity contribution in [3.63, 3.8) is 0 Å². The molecule has 0 amide bonds. The fourth-order valence-electron chi connectivity index (χ4n) is 10.7. The lowest BCUT2D eigenvalue weighted by Gasteiger charge is -2.18. The van der Waals surface area contributed by atoms with E-state index in [1.165, 1.54) is 302 Å². The molecule has 0 aliphatic heterocycles. The van der Waals surface area contributed by atoms with Crippen LogP contribution in [0.3, 0.4) is 0 Å². The van der Waals surface area contributed by atoms with Crippen molar-refractivity contribution in [2.75, 3.05) is 13.2 Å². The van der Waals surface area contributed by atoms with Crippen LogP contribution in [0.1, 0.15) is 400 Å². The van der Waals surface area contributed by atoms with E-state index in [0.717, 1.165) is 57.8 Å². The fourth-order valence-corrected chi connectivity index (χ4v) is 10.7. The van der Waals surface area contributed by atoms with E-state index in [4.69, 9.17) is 14.2 Å². The van der Waals surface area contributed by atoms with Gasteiger partial charge in [-0.2, -0.15) is 0 Å². The molecule has 0 aromatic rings. The molecule has 440 valence electrons. The Morgan fingerprint density at radius 2 is 0.365 bits per heavy atom. The number of rotatable bonds is 64. The van der Waals surface area contributed by atoms with Crippen LogP contribution in [0.5, 0.6) is 0 Å². The van der Waals surface area contributed by atoms with E-state index in [1.807, 2.05) is 0 Å². The Bertz CT molecular complexity index is 1110. The highest BCUT2D eigenvalue weighted by atomic mass is 16.6. The van der Waals surface area contributed by atoms with Crippen molar-refractivity contribution in [3.05, 3.63) is 0 Å². The van der Waals surface area contributed by atoms with Crippen LogP contribution in [0.25, 0.3) is 0 Å². The van der Waals surface area contributed by atoms with Gasteiger partial charge in [0.1, 0.15) is 13.2 Å². The molecule has 0 aromatic carbocycles. The number of hydrogen-bond donors (Lipinski definition) is 0. The van der Waals surface area contributed by atoms with E-state index in [2.05, 4.69) is 20.8 Å². The summed E-state index contributed by atoms with van der Waals surface area (Å²) in [4.78, 5) is 38.1. The smallest absolute Gasteiger partial charge is 0.306 e. The molecule has 0 fully saturated rings. The monoisotopic (exact) mass is 1050 g/mol. The first-order valence-corrected chi connectivity index (χ1v) is 34.0. The standard InChI is InChI=1S/C68H132O6/c1-4-7-10-13-16-18-20-22-24-26-28-30-32-33-34-36-37-39-41-43-45-47-49-52-55-58-61-67(70)73-64-65(63-72-66(69)60-57-54-51-15-12-9-6-3)74-68(71)62-59-56-53-50-48-46-44-42-40-38-35-31-29-27-25-23-21-19-17-14-11-8-5-2/h65H,4-64H2,1-3H3. The highest BCUT2D eigenvalue weighted by Crippen LogP contribution is 2.19. The van der Waals surface area contributed by atoms with Crippen molar-refractivity contribution in [2.24, 2.45) is 0 Å². The minimum atomic E-state index is -0.761. The lowest BCUT2D eigenvalue weighted by Crippen LogP contribution is -2.30. The van der Waals surface area contributed by atoms with Crippen LogP contribution in [0.4, 0.5) is 0 Å². The van der Waals surface area contributed by atoms with Gasteiger partial charge in [-0.1, -0.05) is 361 Å². The average Bonchev–Trinajstić information content (AvgIpc) is 3.40. The van der Waals surface area contributed by atoms with Gasteiger partial charge >= 0.3 is 17.9 Å². The van der Waals surface area contributed by atoms with Crippen LogP contribution in [-0.4, -0.2) is 37.2 Å². The van der Waals surface area contributed by atoms with Gasteiger partial charge in [-0.25, -0.2) is 0 Å². The molecule has 0 saturated carbocycles. The second-order valence-electron chi connectivity index (χ2n) is 23.5. The third kappa shape index (κ3) is 61.3. The Balaban J connectivity index is 4.01. The highest BCUT2D eigenvalue weighted by Gasteiger charge is 2.19. The molecule has 0 rings (SSSR count). The zero-order valence-electron chi connectivity index (χ0n) is 50.7. The summed E-state index contributed by atoms with van der Waals surface area (Å²) in [7, 11) is 0. The maximum Gasteiger partial charge on any atom is 0.306 e. The first kappa shape index (κ1) is 72.4. The molecule has 0 heterocycles. The molecule has 6 nitrogen and oxygen atoms in total. The minimum absolute atomic E-state index is 0.0614. The third-order valence-corrected chi connectivity index (χ3v) is 15.9. The zero-order chi connectivity index (χ0) is 53.6. The molecule has 6 heteroatoms. The first-order chi connectivity index (χ1) is 36.5. The number of hydrogen-bond acceptors (Lipinski definition) is 6. The van der Waals surface area contributed by atoms with Crippen LogP contribution >= 0.6 is 0 Å². The molecule has 0 spiro atoms. The average molecular weight is 1050 g/mol. The fraction of sp³-hybridized carbons (Fsp3) is 0.956. The van der Waals surface area contributed by atoms with E-state index < -0.39 is 6.10 Å². The summed E-state index contributed by atoms with van der Waals surface area (Å²) in [6, 6.07) is 0. The van der Waals surface area contributed by atoms with Crippen molar-refractivity contribution in [1.82, 2.24) is 0 Å². The third-order valence-electron chi connectivity index (χ3n) is 15.9. The second kappa shape index (κ2) is 63.9. The predicted molar refractivity (Wildman–Crippen MR) is 321 cm³/mol. The van der Waals surface area contributed by atoms with Gasteiger partial charge in [-0.15, -0.1) is 0 Å². The quantitative estimate of drug-likeness (QED) is 0.0343. The zero-order valence-corrected chi connectivity index (χ0v) is 50.7. The predicted octanol–water partition coefficient (Wildman–Crippen LogP) is 23.1. The summed E-state index contributed by atoms with van der Waals surface area (Å²) in [5, 5.41) is 0. The Labute approximate surface area is 463 Å². The molecular formula is C68H132O6. The van der Waals surface area contributed by atoms with Crippen LogP contribution in [0.15, 0.2) is 0 Å². The molecule has 0 aliphatic carbocycles. The van der Waals surface area contributed by atoms with Gasteiger partial charge in [0.25, 0.3) is 0 Å². The summed E-state index contributed by atoms with van der Waals surface area (Å²) < 4.78 is 16.9. The van der Waals surface area contributed by atoms with Gasteiger partial charge in [0.05, 0.1) is 0 Å². The van der Waals surface area contributed by atoms with Gasteiger partial charge in [0.2, 0.25) is 0 Å². The maximum atomic E-state index is 12.9. The van der Waals surface area contributed by atoms with Gasteiger partial charge in [0, 0.05) is 19.3 Å². The van der Waals surface area contributed by atoms with Crippen molar-refractivity contribution in [1.29, 1.82) is 0 Å². The van der Waals surface area contributed by atoms with Crippen molar-refractivity contribution in [2.45, 2.75) is 406 Å². The van der Waals surface area contributed by atoms with Crippen molar-refractivity contribution >= 4 is 17.9 Å². The minimum Gasteiger partial charge on any atom is -0.462 e. The summed E-state index contributed by atoms with van der Waals surface area (Å²) in [5.41, 5.74) is 0. The Hall–Kier alpha value is -1.59. The van der Waals surface area contributed by atoms with E-state index in [0.29, 0.717) is 19.3 Å². The van der Waals surface area contributed by atoms with Gasteiger partial charge < -0.3 is 14.2 Å². The molecule has 1 atom stereocenters. The number of esters is 3. The van der Waals surface area contributed by atoms with E-state index in [1.54, 1.807) is 0 Å². The largest absolute Gasteiger partial charge is 0.462 e. The van der Waals surface area contributed by atoms with Gasteiger partial charge in [-0.05, 0) is 19.3 Å². The van der Waals surface area contributed by atoms with Crippen molar-refractivity contribution in [3.8, 4) is 0 Å². The Morgan fingerprint density at radius 3 is 0.541 bits per heavy atom. The first-order valence-electron chi connectivity index (χ1n) is 34.0. The van der Waals surface area contributed by atoms with Crippen LogP contribution in [0, 0.1) is 0 Å². The van der Waals surface area contributed by atoms with Crippen LogP contribution in [-0.2, 0) is 28.6 Å². The summed E-state index contributed by atoms with van der Waals surface area (Å²) in [6.07, 6.45) is 74.5. The van der Waals surface area contributed by atoms with E-state index >= 15 is 0 Å². The lowest BCUT2D eigenvalue weighted by molar-refractivity contribution is -0.167. The summed E-state index contributed by atoms with van der Waals surface area (Å²) in [5.74, 6) is -0.834. The van der Waals surface area contributed by atoms with E-state index in [9.17, 15) is 14.4 Å². The molecule has 1 unspecified atom stereocenters. The van der Waals surface area contributed by atoms with Crippen LogP contribution in [0.2, 0.25) is 0 Å². The van der Waals surface area contributed by atoms with E-state index in [-0.39, 0.29) is 31.1 Å². The Kier molecular flexibility index (Phi) is 62.6. The number of unbranched alkanes of at least 4 members (excludes halogenated alkanes) is 53. The van der Waals surface area contributed by atoms with Gasteiger partial charge in [0.15, 0.2) is 6.10 Å². The second-order valence-corrected chi connectivity index (χ2v) is 23.5. The van der Waals surface area contributed by atoms with Crippen molar-refractivity contribution < 1.29 is 28.6 Å². The van der Waals surface area contributed by atoms with Gasteiger partial charge in [-0.3, -0.25) is 14.4 Å². The topological polar surface area (TPSA) is 78.9 Å². The van der Waals surface area contributed by atoms with Crippen LogP contribution < -0.4 is 0 Å². The molecule has 0 bridgehead atoms. The molecule has 74 heavy (non-hydrogen) atoms. The maximum absolute atomic E-state index is 12.9. The molecule has 0 saturated heterocycles. The summed E-state index contributed by atoms with van der Waals surface area (Å²) in [6.45, 7) is 6.69. The normalized spacial score (nSPS) is 11.9. The number of carbonyl (C=O) groups is 3. The Morgan fingerprint density at radius 1 is 0.216 bits per heavy atom. The SMILES string of the molecule is CCCCCCCCCCCCCCCCCCCCCCCCCCCCC(=O)OCC(COC(=O)CCCCCCCCC)OC(=O)CCCCCCCCCCCCCCCCCCCCCCCCC. The summed E-state index contributed by atoms with van der Waals surface area (Å²) >= 11 is 0. The molecule has 0 aromatic heterocycles. The number of ether oxygens (including phenoxy) is 3. The molecular weight excluding hydrogens is 913 g/mol. The molecule has 0 aliphatic rings. The molecule has 0 radical (unpaired) electrons. The highest BCUT2D eigenvalue weighted by molar-refractivity contribution is 5.71. The number of carbonyl (C=O) groups excluding carboxylic acids is 3.